The zero-order valence-corrected chi connectivity index (χ0v) is 23.7. The summed E-state index contributed by atoms with van der Waals surface area (Å²) in [5.41, 5.74) is 3.32. The van der Waals surface area contributed by atoms with Gasteiger partial charge >= 0.3 is 5.97 Å². The summed E-state index contributed by atoms with van der Waals surface area (Å²) in [6, 6.07) is 9.34. The molecule has 2 atom stereocenters. The van der Waals surface area contributed by atoms with Gasteiger partial charge in [0.05, 0.1) is 12.3 Å². The van der Waals surface area contributed by atoms with Crippen LogP contribution in [0.2, 0.25) is 0 Å². The number of amidine groups is 1. The molecule has 2 amide bonds. The molecule has 1 aromatic heterocycles. The van der Waals surface area contributed by atoms with Crippen molar-refractivity contribution in [2.24, 2.45) is 22.7 Å². The summed E-state index contributed by atoms with van der Waals surface area (Å²) in [4.78, 5) is 48.9. The number of hydrogen-bond donors (Lipinski definition) is 3. The van der Waals surface area contributed by atoms with Crippen molar-refractivity contribution >= 4 is 41.2 Å². The van der Waals surface area contributed by atoms with Crippen LogP contribution in [0.15, 0.2) is 52.2 Å². The Morgan fingerprint density at radius 2 is 1.68 bits per heavy atom. The van der Waals surface area contributed by atoms with Gasteiger partial charge in [0.1, 0.15) is 23.3 Å². The summed E-state index contributed by atoms with van der Waals surface area (Å²) in [6.45, 7) is 18.7. The van der Waals surface area contributed by atoms with Crippen molar-refractivity contribution in [2.75, 3.05) is 5.32 Å². The van der Waals surface area contributed by atoms with Crippen LogP contribution in [0.1, 0.15) is 60.1 Å². The maximum Gasteiger partial charge on any atom is 0.342 e. The zero-order chi connectivity index (χ0) is 29.1. The van der Waals surface area contributed by atoms with Crippen LogP contribution in [0, 0.1) is 24.3 Å². The standard InChI is InChI=1S/C31H35N5O4/c1-16-13-17(2)28(18(3)14-16)40-31(39)25-19(4)23(35-29(25)33-20(5)37)15-24-26(22-11-9-8-10-12-22)27(32-7)30(36-24)34-21(6)38/h8-12,15-18,28,36H,13-14H2,1-6H3,(H,34,38)(H,33,35,37)/b23-15-. The molecule has 0 bridgehead atoms. The van der Waals surface area contributed by atoms with Gasteiger partial charge in [0.25, 0.3) is 0 Å². The highest BCUT2D eigenvalue weighted by molar-refractivity contribution is 6.25. The van der Waals surface area contributed by atoms with Gasteiger partial charge < -0.3 is 20.4 Å². The van der Waals surface area contributed by atoms with Crippen molar-refractivity contribution in [1.29, 1.82) is 0 Å². The number of nitrogens with one attached hydrogen (secondary N) is 3. The molecule has 4 rings (SSSR count). The second-order valence-corrected chi connectivity index (χ2v) is 10.9. The number of aromatic nitrogens is 1. The van der Waals surface area contributed by atoms with E-state index in [1.165, 1.54) is 13.8 Å². The van der Waals surface area contributed by atoms with Crippen LogP contribution < -0.4 is 10.6 Å². The molecule has 9 heteroatoms. The first-order valence-electron chi connectivity index (χ1n) is 13.5. The Morgan fingerprint density at radius 3 is 2.25 bits per heavy atom. The predicted molar refractivity (Wildman–Crippen MR) is 155 cm³/mol. The topological polar surface area (TPSA) is 117 Å². The third-order valence-corrected chi connectivity index (χ3v) is 7.40. The van der Waals surface area contributed by atoms with Gasteiger partial charge in [-0.15, -0.1) is 0 Å². The lowest BCUT2D eigenvalue weighted by molar-refractivity contribution is -0.152. The molecule has 0 saturated heterocycles. The van der Waals surface area contributed by atoms with E-state index in [1.54, 1.807) is 13.0 Å². The molecular formula is C31H35N5O4. The molecule has 1 fully saturated rings. The first-order chi connectivity index (χ1) is 19.0. The molecule has 0 radical (unpaired) electrons. The quantitative estimate of drug-likeness (QED) is 0.317. The Bertz CT molecular complexity index is 1460. The smallest absolute Gasteiger partial charge is 0.342 e. The molecule has 1 saturated carbocycles. The number of aromatic amines is 1. The average molecular weight is 542 g/mol. The molecule has 1 aliphatic carbocycles. The van der Waals surface area contributed by atoms with Crippen molar-refractivity contribution in [3.63, 3.8) is 0 Å². The summed E-state index contributed by atoms with van der Waals surface area (Å²) in [6.07, 6.45) is 3.44. The first-order valence-corrected chi connectivity index (χ1v) is 13.5. The van der Waals surface area contributed by atoms with Crippen LogP contribution in [-0.4, -0.2) is 34.7 Å². The number of carbonyl (C=O) groups excluding carboxylic acids is 3. The predicted octanol–water partition coefficient (Wildman–Crippen LogP) is 6.01. The number of hydrogen-bond acceptors (Lipinski definition) is 5. The lowest BCUT2D eigenvalue weighted by atomic mass is 9.75. The lowest BCUT2D eigenvalue weighted by Gasteiger charge is -2.37. The number of anilines is 1. The molecular weight excluding hydrogens is 506 g/mol. The van der Waals surface area contributed by atoms with E-state index < -0.39 is 5.97 Å². The SMILES string of the molecule is [C-]#[N+]c1c(NC(C)=O)[nH]c(/C=C2\N=C(NC(C)=O)C(C(=O)OC3C(C)CC(C)CC3C)=C2C)c1-c1ccccc1. The molecule has 208 valence electrons. The Morgan fingerprint density at radius 1 is 1.05 bits per heavy atom. The van der Waals surface area contributed by atoms with Gasteiger partial charge in [0.15, 0.2) is 0 Å². The van der Waals surface area contributed by atoms with Gasteiger partial charge in [-0.1, -0.05) is 51.1 Å². The average Bonchev–Trinajstić information content (AvgIpc) is 3.36. The first kappa shape index (κ1) is 28.6. The number of carbonyl (C=O) groups is 3. The van der Waals surface area contributed by atoms with E-state index in [9.17, 15) is 14.4 Å². The Balaban J connectivity index is 1.80. The van der Waals surface area contributed by atoms with E-state index in [1.807, 2.05) is 30.3 Å². The van der Waals surface area contributed by atoms with Gasteiger partial charge in [0, 0.05) is 25.1 Å². The minimum absolute atomic E-state index is 0.131. The lowest BCUT2D eigenvalue weighted by Crippen LogP contribution is -2.39. The summed E-state index contributed by atoms with van der Waals surface area (Å²) in [5.74, 6) is 0.195. The second kappa shape index (κ2) is 11.7. The van der Waals surface area contributed by atoms with E-state index in [2.05, 4.69) is 46.2 Å². The summed E-state index contributed by atoms with van der Waals surface area (Å²) in [7, 11) is 0. The van der Waals surface area contributed by atoms with Gasteiger partial charge in [-0.05, 0) is 54.7 Å². The molecule has 2 heterocycles. The Labute approximate surface area is 234 Å². The fraction of sp³-hybridized carbons (Fsp3) is 0.387. The monoisotopic (exact) mass is 541 g/mol. The van der Waals surface area contributed by atoms with Gasteiger partial charge in [0.2, 0.25) is 17.5 Å². The van der Waals surface area contributed by atoms with Crippen molar-refractivity contribution in [3.05, 3.63) is 64.3 Å². The maximum absolute atomic E-state index is 13.6. The zero-order valence-electron chi connectivity index (χ0n) is 23.7. The van der Waals surface area contributed by atoms with Crippen LogP contribution in [0.3, 0.4) is 0 Å². The highest BCUT2D eigenvalue weighted by Gasteiger charge is 2.37. The highest BCUT2D eigenvalue weighted by Crippen LogP contribution is 2.42. The number of nitrogens with zero attached hydrogens (tertiary/aromatic N) is 2. The van der Waals surface area contributed by atoms with E-state index in [0.29, 0.717) is 28.4 Å². The highest BCUT2D eigenvalue weighted by atomic mass is 16.5. The summed E-state index contributed by atoms with van der Waals surface area (Å²) < 4.78 is 6.06. The van der Waals surface area contributed by atoms with E-state index in [4.69, 9.17) is 11.3 Å². The van der Waals surface area contributed by atoms with Crippen LogP contribution >= 0.6 is 0 Å². The molecule has 3 N–H and O–H groups in total. The normalized spacial score (nSPS) is 23.4. The van der Waals surface area contributed by atoms with Gasteiger partial charge in [-0.2, -0.15) is 0 Å². The summed E-state index contributed by atoms with van der Waals surface area (Å²) >= 11 is 0. The molecule has 1 aliphatic heterocycles. The molecule has 40 heavy (non-hydrogen) atoms. The van der Waals surface area contributed by atoms with Crippen LogP contribution in [-0.2, 0) is 19.1 Å². The molecule has 2 aromatic rings. The van der Waals surface area contributed by atoms with E-state index in [-0.39, 0.29) is 52.7 Å². The fourth-order valence-corrected chi connectivity index (χ4v) is 5.85. The van der Waals surface area contributed by atoms with Crippen molar-refractivity contribution in [2.45, 2.75) is 60.5 Å². The van der Waals surface area contributed by atoms with Crippen molar-refractivity contribution in [1.82, 2.24) is 10.3 Å². The van der Waals surface area contributed by atoms with Crippen molar-refractivity contribution < 1.29 is 19.1 Å². The number of aliphatic imine (C=N–C) groups is 1. The Hall–Kier alpha value is -4.45. The summed E-state index contributed by atoms with van der Waals surface area (Å²) in [5, 5.41) is 5.37. The maximum atomic E-state index is 13.6. The van der Waals surface area contributed by atoms with Gasteiger partial charge in [-0.3, -0.25) is 9.59 Å². The van der Waals surface area contributed by atoms with Gasteiger partial charge in [-0.25, -0.2) is 14.6 Å². The molecule has 0 spiro atoms. The van der Waals surface area contributed by atoms with Crippen LogP contribution in [0.25, 0.3) is 22.0 Å². The van der Waals surface area contributed by atoms with Crippen LogP contribution in [0.4, 0.5) is 11.5 Å². The number of benzene rings is 1. The van der Waals surface area contributed by atoms with E-state index in [0.717, 1.165) is 18.4 Å². The van der Waals surface area contributed by atoms with E-state index >= 15 is 0 Å². The molecule has 1 aromatic carbocycles. The largest absolute Gasteiger partial charge is 0.458 e. The Kier molecular flexibility index (Phi) is 8.38. The third-order valence-electron chi connectivity index (χ3n) is 7.40. The second-order valence-electron chi connectivity index (χ2n) is 10.9. The minimum Gasteiger partial charge on any atom is -0.458 e. The van der Waals surface area contributed by atoms with Crippen LogP contribution in [0.5, 0.6) is 0 Å². The number of H-pyrrole nitrogens is 1. The van der Waals surface area contributed by atoms with Crippen molar-refractivity contribution in [3.8, 4) is 11.1 Å². The number of allylic oxidation sites excluding steroid dienone is 1. The molecule has 2 unspecified atom stereocenters. The fourth-order valence-electron chi connectivity index (χ4n) is 5.85. The number of amides is 2. The number of esters is 1. The molecule has 9 nitrogen and oxygen atoms in total. The number of rotatable bonds is 5. The number of ether oxygens (including phenoxy) is 1. The third kappa shape index (κ3) is 5.91. The minimum atomic E-state index is -0.526. The molecule has 2 aliphatic rings.